The minimum absolute atomic E-state index is 0.0684. The molecule has 2 heterocycles. The molecule has 228 valence electrons. The monoisotopic (exact) mass is 600 g/mol. The van der Waals surface area contributed by atoms with Crippen molar-refractivity contribution >= 4 is 30.9 Å². The van der Waals surface area contributed by atoms with Crippen LogP contribution in [0.15, 0.2) is 30.7 Å². The molecule has 0 radical (unpaired) electrons. The number of fused-ring (bicyclic) bond motifs is 1. The molecule has 1 fully saturated rings. The van der Waals surface area contributed by atoms with Crippen LogP contribution >= 0.6 is 0 Å². The summed E-state index contributed by atoms with van der Waals surface area (Å²) in [6.07, 6.45) is 9.47. The van der Waals surface area contributed by atoms with Gasteiger partial charge in [0.1, 0.15) is 12.4 Å². The standard InChI is InChI=1S/C31H42F2N4O4Si/c1-39-27-14-28(40-2)30(33)26(29(27)32)13-21-18-37(19-41-10-11-42(3,4)5)31-25(21)12-20(16-36-31)22(15-34)17-35-23-6-8-24(38)9-7-23/h12,14-18,23-24,34-35,38H,6-11,13,19H2,1-5H3/b22-17+,34-15?. The van der Waals surface area contributed by atoms with E-state index < -0.39 is 19.7 Å². The first-order valence-corrected chi connectivity index (χ1v) is 18.0. The highest BCUT2D eigenvalue weighted by atomic mass is 28.3. The number of allylic oxidation sites excluding steroid dienone is 1. The van der Waals surface area contributed by atoms with Crippen LogP contribution in [0, 0.1) is 17.0 Å². The fourth-order valence-corrected chi connectivity index (χ4v) is 5.88. The Morgan fingerprint density at radius 2 is 1.79 bits per heavy atom. The summed E-state index contributed by atoms with van der Waals surface area (Å²) in [5.41, 5.74) is 2.43. The SMILES string of the molecule is COc1cc(OC)c(F)c(Cc2cn(COCC[Si](C)(C)C)c3ncc(/C(C=N)=C/NC4CCC(O)CC4)cc23)c1F. The summed E-state index contributed by atoms with van der Waals surface area (Å²) >= 11 is 0. The van der Waals surface area contributed by atoms with E-state index in [0.29, 0.717) is 34.3 Å². The van der Waals surface area contributed by atoms with E-state index in [1.807, 2.05) is 16.8 Å². The fraction of sp³-hybridized carbons (Fsp3) is 0.484. The molecule has 0 aliphatic heterocycles. The summed E-state index contributed by atoms with van der Waals surface area (Å²) < 4.78 is 48.8. The highest BCUT2D eigenvalue weighted by Crippen LogP contribution is 2.34. The van der Waals surface area contributed by atoms with Gasteiger partial charge < -0.3 is 34.6 Å². The summed E-state index contributed by atoms with van der Waals surface area (Å²) in [6, 6.07) is 4.33. The number of halogens is 2. The van der Waals surface area contributed by atoms with Gasteiger partial charge in [0.25, 0.3) is 0 Å². The van der Waals surface area contributed by atoms with Gasteiger partial charge in [0.15, 0.2) is 23.1 Å². The molecule has 11 heteroatoms. The quantitative estimate of drug-likeness (QED) is 0.124. The van der Waals surface area contributed by atoms with Gasteiger partial charge in [-0.05, 0) is 43.4 Å². The average molecular weight is 601 g/mol. The topological polar surface area (TPSA) is 102 Å². The van der Waals surface area contributed by atoms with Crippen LogP contribution in [0.1, 0.15) is 42.4 Å². The maximum atomic E-state index is 15.3. The van der Waals surface area contributed by atoms with Crippen molar-refractivity contribution < 1.29 is 28.1 Å². The molecule has 0 atom stereocenters. The van der Waals surface area contributed by atoms with Crippen LogP contribution in [0.25, 0.3) is 16.6 Å². The number of rotatable bonds is 13. The minimum Gasteiger partial charge on any atom is -0.494 e. The van der Waals surface area contributed by atoms with Gasteiger partial charge in [0, 0.05) is 80.1 Å². The predicted octanol–water partition coefficient (Wildman–Crippen LogP) is 6.12. The molecular weight excluding hydrogens is 558 g/mol. The molecule has 0 spiro atoms. The number of pyridine rings is 1. The van der Waals surface area contributed by atoms with Crippen molar-refractivity contribution in [1.82, 2.24) is 14.9 Å². The van der Waals surface area contributed by atoms with E-state index >= 15 is 8.78 Å². The number of methoxy groups -OCH3 is 2. The molecule has 1 aromatic carbocycles. The van der Waals surface area contributed by atoms with E-state index in [0.717, 1.165) is 31.7 Å². The Balaban J connectivity index is 1.71. The first-order valence-electron chi connectivity index (χ1n) is 14.3. The van der Waals surface area contributed by atoms with Crippen molar-refractivity contribution in [2.24, 2.45) is 0 Å². The lowest BCUT2D eigenvalue weighted by molar-refractivity contribution is 0.0898. The van der Waals surface area contributed by atoms with Gasteiger partial charge >= 0.3 is 0 Å². The lowest BCUT2D eigenvalue weighted by atomic mass is 9.93. The van der Waals surface area contributed by atoms with Crippen molar-refractivity contribution in [1.29, 1.82) is 5.41 Å². The van der Waals surface area contributed by atoms with Crippen molar-refractivity contribution in [3.05, 3.63) is 59.1 Å². The summed E-state index contributed by atoms with van der Waals surface area (Å²) in [5, 5.41) is 21.9. The van der Waals surface area contributed by atoms with E-state index in [4.69, 9.17) is 24.6 Å². The summed E-state index contributed by atoms with van der Waals surface area (Å²) in [5.74, 6) is -1.77. The maximum Gasteiger partial charge on any atom is 0.171 e. The minimum atomic E-state index is -1.28. The zero-order valence-electron chi connectivity index (χ0n) is 25.1. The Morgan fingerprint density at radius 3 is 2.38 bits per heavy atom. The van der Waals surface area contributed by atoms with Crippen molar-refractivity contribution in [2.75, 3.05) is 20.8 Å². The normalized spacial score (nSPS) is 17.9. The molecule has 3 N–H and O–H groups in total. The summed E-state index contributed by atoms with van der Waals surface area (Å²) in [6.45, 7) is 7.73. The molecule has 0 unspecified atom stereocenters. The Hall–Kier alpha value is -3.28. The van der Waals surface area contributed by atoms with Crippen LogP contribution in [0.2, 0.25) is 25.7 Å². The van der Waals surface area contributed by atoms with E-state index in [-0.39, 0.29) is 42.4 Å². The molecule has 42 heavy (non-hydrogen) atoms. The number of aromatic nitrogens is 2. The average Bonchev–Trinajstić information content (AvgIpc) is 3.31. The molecule has 1 saturated carbocycles. The van der Waals surface area contributed by atoms with E-state index in [1.54, 1.807) is 12.4 Å². The Morgan fingerprint density at radius 1 is 1.12 bits per heavy atom. The lowest BCUT2D eigenvalue weighted by Gasteiger charge is -2.25. The van der Waals surface area contributed by atoms with Crippen LogP contribution < -0.4 is 14.8 Å². The van der Waals surface area contributed by atoms with Gasteiger partial charge in [-0.2, -0.15) is 0 Å². The smallest absolute Gasteiger partial charge is 0.171 e. The largest absolute Gasteiger partial charge is 0.494 e. The van der Waals surface area contributed by atoms with Crippen molar-refractivity contribution in [3.8, 4) is 11.5 Å². The number of hydrogen-bond donors (Lipinski definition) is 3. The third-order valence-electron chi connectivity index (χ3n) is 7.71. The first kappa shape index (κ1) is 31.6. The number of benzene rings is 1. The van der Waals surface area contributed by atoms with Gasteiger partial charge in [-0.3, -0.25) is 0 Å². The van der Waals surface area contributed by atoms with E-state index in [2.05, 4.69) is 25.0 Å². The van der Waals surface area contributed by atoms with Gasteiger partial charge in [-0.25, -0.2) is 13.8 Å². The fourth-order valence-electron chi connectivity index (χ4n) is 5.12. The van der Waals surface area contributed by atoms with E-state index in [1.165, 1.54) is 26.5 Å². The Labute approximate surface area is 247 Å². The third-order valence-corrected chi connectivity index (χ3v) is 9.42. The highest BCUT2D eigenvalue weighted by molar-refractivity contribution is 6.76. The molecule has 2 aromatic heterocycles. The molecule has 8 nitrogen and oxygen atoms in total. The van der Waals surface area contributed by atoms with Crippen LogP contribution in [-0.4, -0.2) is 61.9 Å². The second-order valence-corrected chi connectivity index (χ2v) is 17.7. The van der Waals surface area contributed by atoms with E-state index in [9.17, 15) is 5.11 Å². The van der Waals surface area contributed by atoms with Gasteiger partial charge in [-0.1, -0.05) is 19.6 Å². The molecular formula is C31H42F2N4O4Si. The second kappa shape index (κ2) is 13.8. The zero-order chi connectivity index (χ0) is 30.4. The molecule has 1 aliphatic rings. The first-order chi connectivity index (χ1) is 20.0. The van der Waals surface area contributed by atoms with Crippen LogP contribution in [-0.2, 0) is 17.9 Å². The van der Waals surface area contributed by atoms with Crippen LogP contribution in [0.3, 0.4) is 0 Å². The van der Waals surface area contributed by atoms with Gasteiger partial charge in [0.05, 0.1) is 20.3 Å². The summed E-state index contributed by atoms with van der Waals surface area (Å²) in [7, 11) is 1.38. The summed E-state index contributed by atoms with van der Waals surface area (Å²) in [4.78, 5) is 4.71. The zero-order valence-corrected chi connectivity index (χ0v) is 26.1. The number of aliphatic hydroxyl groups is 1. The highest BCUT2D eigenvalue weighted by Gasteiger charge is 2.23. The third kappa shape index (κ3) is 7.56. The number of hydrogen-bond acceptors (Lipinski definition) is 7. The van der Waals surface area contributed by atoms with Gasteiger partial charge in [-0.15, -0.1) is 0 Å². The number of aliphatic hydroxyl groups excluding tert-OH is 1. The molecule has 3 aromatic rings. The van der Waals surface area contributed by atoms with Crippen molar-refractivity contribution in [2.45, 2.75) is 76.7 Å². The molecule has 1 aliphatic carbocycles. The lowest BCUT2D eigenvalue weighted by Crippen LogP contribution is -2.31. The Kier molecular flexibility index (Phi) is 10.4. The molecule has 0 amide bonds. The second-order valence-electron chi connectivity index (χ2n) is 12.0. The predicted molar refractivity (Wildman–Crippen MR) is 164 cm³/mol. The number of nitrogens with one attached hydrogen (secondary N) is 2. The van der Waals surface area contributed by atoms with Crippen LogP contribution in [0.5, 0.6) is 11.5 Å². The van der Waals surface area contributed by atoms with Crippen molar-refractivity contribution in [3.63, 3.8) is 0 Å². The molecule has 0 saturated heterocycles. The van der Waals surface area contributed by atoms with Crippen LogP contribution in [0.4, 0.5) is 8.78 Å². The number of nitrogens with zero attached hydrogens (tertiary/aromatic N) is 2. The Bertz CT molecular complexity index is 1400. The maximum absolute atomic E-state index is 15.3. The molecule has 0 bridgehead atoms. The molecule has 4 rings (SSSR count). The van der Waals surface area contributed by atoms with Gasteiger partial charge in [0.2, 0.25) is 0 Å². The number of ether oxygens (including phenoxy) is 3.